The molecule has 2 N–H and O–H groups in total. The molecule has 174 valence electrons. The van der Waals surface area contributed by atoms with Gasteiger partial charge in [-0.25, -0.2) is 0 Å². The summed E-state index contributed by atoms with van der Waals surface area (Å²) in [6, 6.07) is 17.4. The first-order valence-electron chi connectivity index (χ1n) is 10.7. The van der Waals surface area contributed by atoms with Crippen LogP contribution in [-0.4, -0.2) is 24.3 Å². The number of fused-ring (bicyclic) bond motifs is 1. The molecule has 1 aliphatic rings. The van der Waals surface area contributed by atoms with Gasteiger partial charge in [-0.2, -0.15) is 0 Å². The molecule has 0 bridgehead atoms. The second kappa shape index (κ2) is 9.53. The zero-order chi connectivity index (χ0) is 24.5. The molecule has 3 aromatic carbocycles. The van der Waals surface area contributed by atoms with E-state index in [9.17, 15) is 9.59 Å². The number of carbonyl (C=O) groups excluding carboxylic acids is 2. The normalized spacial score (nSPS) is 15.3. The average molecular weight is 495 g/mol. The van der Waals surface area contributed by atoms with Crippen LogP contribution in [0.25, 0.3) is 5.70 Å². The Morgan fingerprint density at radius 2 is 1.79 bits per heavy atom. The first-order chi connectivity index (χ1) is 16.1. The summed E-state index contributed by atoms with van der Waals surface area (Å²) in [6.45, 7) is 4.19. The Labute approximate surface area is 208 Å². The quantitative estimate of drug-likeness (QED) is 0.318. The lowest BCUT2D eigenvalue weighted by atomic mass is 9.85. The van der Waals surface area contributed by atoms with E-state index in [1.54, 1.807) is 49.6 Å². The first-order valence-corrected chi connectivity index (χ1v) is 11.5. The number of allylic oxidation sites excluding steroid dienone is 1. The fourth-order valence-corrected chi connectivity index (χ4v) is 4.26. The van der Waals surface area contributed by atoms with Gasteiger partial charge in [0.25, 0.3) is 5.91 Å². The average Bonchev–Trinajstić information content (AvgIpc) is 2.80. The van der Waals surface area contributed by atoms with Crippen LogP contribution >= 0.6 is 23.2 Å². The minimum Gasteiger partial charge on any atom is -0.497 e. The summed E-state index contributed by atoms with van der Waals surface area (Å²) in [5, 5.41) is 6.94. The molecule has 3 aromatic rings. The monoisotopic (exact) mass is 494 g/mol. The predicted octanol–water partition coefficient (Wildman–Crippen LogP) is 6.40. The van der Waals surface area contributed by atoms with Crippen LogP contribution in [0.4, 0.5) is 5.69 Å². The van der Waals surface area contributed by atoms with E-state index in [-0.39, 0.29) is 17.2 Å². The smallest absolute Gasteiger partial charge is 0.255 e. The van der Waals surface area contributed by atoms with E-state index in [2.05, 4.69) is 24.5 Å². The third kappa shape index (κ3) is 5.27. The fraction of sp³-hybridized carbons (Fsp3) is 0.185. The number of hydrogen-bond acceptors (Lipinski definition) is 4. The van der Waals surface area contributed by atoms with Crippen LogP contribution in [0.5, 0.6) is 5.75 Å². The van der Waals surface area contributed by atoms with E-state index >= 15 is 0 Å². The molecular weight excluding hydrogens is 471 g/mol. The highest BCUT2D eigenvalue weighted by Crippen LogP contribution is 2.32. The molecule has 1 amide bonds. The summed E-state index contributed by atoms with van der Waals surface area (Å²) in [6.07, 6.45) is 2.42. The summed E-state index contributed by atoms with van der Waals surface area (Å²) in [4.78, 5) is 25.8. The SMILES string of the molecule is COc1ccc2c(c1)C(=CC(=O)c1cccc(NC(=O)c3ccc(Cl)c(Cl)c3)c1)NC(C)(C)C2. The lowest BCUT2D eigenvalue weighted by molar-refractivity contribution is 0.102. The third-order valence-corrected chi connectivity index (χ3v) is 6.31. The van der Waals surface area contributed by atoms with Crippen LogP contribution < -0.4 is 15.4 Å². The maximum Gasteiger partial charge on any atom is 0.255 e. The van der Waals surface area contributed by atoms with Crippen molar-refractivity contribution in [2.24, 2.45) is 0 Å². The largest absolute Gasteiger partial charge is 0.497 e. The molecule has 0 aliphatic carbocycles. The van der Waals surface area contributed by atoms with Gasteiger partial charge in [-0.3, -0.25) is 9.59 Å². The third-order valence-electron chi connectivity index (χ3n) is 5.57. The zero-order valence-corrected chi connectivity index (χ0v) is 20.6. The molecule has 1 aliphatic heterocycles. The summed E-state index contributed by atoms with van der Waals surface area (Å²) < 4.78 is 5.38. The predicted molar refractivity (Wildman–Crippen MR) is 137 cm³/mol. The standard InChI is InChI=1S/C27H24Cl2N2O3/c1-27(2)15-18-7-9-20(34-3)13-21(18)24(31-27)14-25(32)16-5-4-6-19(11-16)30-26(33)17-8-10-22(28)23(29)12-17/h4-14,31H,15H2,1-3H3,(H,30,33). The highest BCUT2D eigenvalue weighted by molar-refractivity contribution is 6.42. The highest BCUT2D eigenvalue weighted by Gasteiger charge is 2.28. The van der Waals surface area contributed by atoms with Gasteiger partial charge in [0, 0.05) is 39.7 Å². The van der Waals surface area contributed by atoms with Crippen molar-refractivity contribution in [2.75, 3.05) is 12.4 Å². The molecule has 0 radical (unpaired) electrons. The number of ether oxygens (including phenoxy) is 1. The Hall–Kier alpha value is -3.28. The van der Waals surface area contributed by atoms with Gasteiger partial charge in [0.15, 0.2) is 5.78 Å². The van der Waals surface area contributed by atoms with E-state index in [1.807, 2.05) is 18.2 Å². The van der Waals surface area contributed by atoms with Crippen LogP contribution in [0.3, 0.4) is 0 Å². The second-order valence-corrected chi connectivity index (χ2v) is 9.61. The van der Waals surface area contributed by atoms with Crippen molar-refractivity contribution >= 4 is 46.3 Å². The minimum absolute atomic E-state index is 0.181. The summed E-state index contributed by atoms with van der Waals surface area (Å²) in [5.74, 6) is 0.198. The van der Waals surface area contributed by atoms with Gasteiger partial charge in [-0.1, -0.05) is 41.4 Å². The molecule has 1 heterocycles. The Morgan fingerprint density at radius 1 is 1.00 bits per heavy atom. The van der Waals surface area contributed by atoms with Crippen LogP contribution in [0, 0.1) is 0 Å². The molecule has 0 aromatic heterocycles. The molecule has 0 fully saturated rings. The molecule has 5 nitrogen and oxygen atoms in total. The topological polar surface area (TPSA) is 67.4 Å². The minimum atomic E-state index is -0.349. The first kappa shape index (κ1) is 23.9. The molecular formula is C27H24Cl2N2O3. The Kier molecular flexibility index (Phi) is 6.69. The molecule has 7 heteroatoms. The van der Waals surface area contributed by atoms with Crippen LogP contribution in [0.1, 0.15) is 45.7 Å². The van der Waals surface area contributed by atoms with Gasteiger partial charge in [-0.15, -0.1) is 0 Å². The maximum atomic E-state index is 13.2. The molecule has 0 saturated carbocycles. The molecule has 34 heavy (non-hydrogen) atoms. The lowest BCUT2D eigenvalue weighted by Crippen LogP contribution is -2.43. The Balaban J connectivity index is 1.60. The Bertz CT molecular complexity index is 1310. The van der Waals surface area contributed by atoms with Crippen LogP contribution in [-0.2, 0) is 6.42 Å². The zero-order valence-electron chi connectivity index (χ0n) is 19.0. The number of nitrogens with one attached hydrogen (secondary N) is 2. The lowest BCUT2D eigenvalue weighted by Gasteiger charge is -2.35. The molecule has 0 atom stereocenters. The fourth-order valence-electron chi connectivity index (χ4n) is 3.96. The number of halogens is 2. The number of methoxy groups -OCH3 is 1. The van der Waals surface area contributed by atoms with E-state index < -0.39 is 0 Å². The van der Waals surface area contributed by atoms with Crippen molar-refractivity contribution in [3.05, 3.63) is 99.0 Å². The van der Waals surface area contributed by atoms with E-state index in [1.165, 1.54) is 6.07 Å². The molecule has 0 unspecified atom stereocenters. The van der Waals surface area contributed by atoms with Crippen LogP contribution in [0.2, 0.25) is 10.0 Å². The number of rotatable bonds is 5. The number of ketones is 1. The van der Waals surface area contributed by atoms with E-state index in [0.717, 1.165) is 29.0 Å². The number of amides is 1. The van der Waals surface area contributed by atoms with Crippen LogP contribution in [0.15, 0.2) is 66.7 Å². The molecule has 0 saturated heterocycles. The van der Waals surface area contributed by atoms with Crippen molar-refractivity contribution in [2.45, 2.75) is 25.8 Å². The molecule has 0 spiro atoms. The number of anilines is 1. The van der Waals surface area contributed by atoms with E-state index in [4.69, 9.17) is 27.9 Å². The summed E-state index contributed by atoms with van der Waals surface area (Å²) >= 11 is 11.9. The van der Waals surface area contributed by atoms with Crippen molar-refractivity contribution in [3.63, 3.8) is 0 Å². The number of carbonyl (C=O) groups is 2. The van der Waals surface area contributed by atoms with Gasteiger partial charge in [0.2, 0.25) is 0 Å². The highest BCUT2D eigenvalue weighted by atomic mass is 35.5. The van der Waals surface area contributed by atoms with Crippen molar-refractivity contribution < 1.29 is 14.3 Å². The maximum absolute atomic E-state index is 13.2. The van der Waals surface area contributed by atoms with Crippen molar-refractivity contribution in [1.82, 2.24) is 5.32 Å². The molecule has 4 rings (SSSR count). The summed E-state index contributed by atoms with van der Waals surface area (Å²) in [7, 11) is 1.62. The van der Waals surface area contributed by atoms with E-state index in [0.29, 0.717) is 26.9 Å². The van der Waals surface area contributed by atoms with Gasteiger partial charge in [-0.05, 0) is 68.3 Å². The van der Waals surface area contributed by atoms with Gasteiger partial charge in [0.1, 0.15) is 5.75 Å². The Morgan fingerprint density at radius 3 is 2.53 bits per heavy atom. The van der Waals surface area contributed by atoms with Gasteiger partial charge >= 0.3 is 0 Å². The van der Waals surface area contributed by atoms with Crippen molar-refractivity contribution in [3.8, 4) is 5.75 Å². The van der Waals surface area contributed by atoms with Gasteiger partial charge < -0.3 is 15.4 Å². The number of benzene rings is 3. The summed E-state index contributed by atoms with van der Waals surface area (Å²) in [5.41, 5.74) is 3.94. The van der Waals surface area contributed by atoms with Crippen molar-refractivity contribution in [1.29, 1.82) is 0 Å². The number of hydrogen-bond donors (Lipinski definition) is 2. The van der Waals surface area contributed by atoms with Gasteiger partial charge in [0.05, 0.1) is 17.2 Å². The second-order valence-electron chi connectivity index (χ2n) is 8.79.